The van der Waals surface area contributed by atoms with Crippen LogP contribution in [0.15, 0.2) is 23.1 Å². The Bertz CT molecular complexity index is 572. The normalized spacial score (nSPS) is 23.5. The Hall–Kier alpha value is -1.27. The Kier molecular flexibility index (Phi) is 4.55. The fourth-order valence-corrected chi connectivity index (χ4v) is 3.99. The van der Waals surface area contributed by atoms with E-state index >= 15 is 0 Å². The van der Waals surface area contributed by atoms with Crippen LogP contribution in [0.3, 0.4) is 0 Å². The van der Waals surface area contributed by atoms with Crippen molar-refractivity contribution in [2.75, 3.05) is 12.8 Å². The summed E-state index contributed by atoms with van der Waals surface area (Å²) in [5.74, 6) is 0.947. The van der Waals surface area contributed by atoms with Gasteiger partial charge >= 0.3 is 0 Å². The molecule has 0 heterocycles. The number of nitrogens with one attached hydrogen (secondary N) is 1. The van der Waals surface area contributed by atoms with Crippen LogP contribution in [0.5, 0.6) is 5.75 Å². The average Bonchev–Trinajstić information content (AvgIpc) is 2.38. The van der Waals surface area contributed by atoms with E-state index in [0.717, 1.165) is 19.3 Å². The van der Waals surface area contributed by atoms with E-state index in [1.165, 1.54) is 25.7 Å². The van der Waals surface area contributed by atoms with Crippen LogP contribution in [0.4, 0.5) is 5.69 Å². The minimum Gasteiger partial charge on any atom is -0.495 e. The van der Waals surface area contributed by atoms with Crippen LogP contribution in [0, 0.1) is 5.92 Å². The molecule has 112 valence electrons. The van der Waals surface area contributed by atoms with E-state index < -0.39 is 10.0 Å². The van der Waals surface area contributed by atoms with Gasteiger partial charge in [-0.25, -0.2) is 13.1 Å². The van der Waals surface area contributed by atoms with Gasteiger partial charge < -0.3 is 10.5 Å². The number of ether oxygens (including phenoxy) is 1. The molecule has 1 aromatic carbocycles. The number of hydrogen-bond donors (Lipinski definition) is 2. The molecule has 1 saturated carbocycles. The summed E-state index contributed by atoms with van der Waals surface area (Å²) in [4.78, 5) is 0.196. The van der Waals surface area contributed by atoms with Crippen molar-refractivity contribution in [2.45, 2.75) is 43.5 Å². The molecule has 0 aliphatic heterocycles. The highest BCUT2D eigenvalue weighted by atomic mass is 32.2. The molecule has 2 rings (SSSR count). The van der Waals surface area contributed by atoms with Crippen molar-refractivity contribution in [1.29, 1.82) is 0 Å². The zero-order valence-electron chi connectivity index (χ0n) is 11.9. The molecule has 1 aliphatic rings. The van der Waals surface area contributed by atoms with E-state index in [1.807, 2.05) is 0 Å². The van der Waals surface area contributed by atoms with Gasteiger partial charge in [-0.15, -0.1) is 0 Å². The third-order valence-corrected chi connectivity index (χ3v) is 5.29. The molecule has 1 aliphatic carbocycles. The first-order chi connectivity index (χ1) is 9.42. The summed E-state index contributed by atoms with van der Waals surface area (Å²) in [6.07, 6.45) is 4.04. The quantitative estimate of drug-likeness (QED) is 0.834. The minimum atomic E-state index is -3.52. The predicted molar refractivity (Wildman–Crippen MR) is 79.1 cm³/mol. The summed E-state index contributed by atoms with van der Waals surface area (Å²) in [5.41, 5.74) is 6.13. The minimum absolute atomic E-state index is 0.0206. The van der Waals surface area contributed by atoms with Crippen LogP contribution in [-0.4, -0.2) is 21.6 Å². The Labute approximate surface area is 120 Å². The molecule has 1 fully saturated rings. The molecular weight excluding hydrogens is 276 g/mol. The summed E-state index contributed by atoms with van der Waals surface area (Å²) < 4.78 is 32.6. The third-order valence-electron chi connectivity index (χ3n) is 3.77. The lowest BCUT2D eigenvalue weighted by atomic mass is 9.88. The van der Waals surface area contributed by atoms with Crippen molar-refractivity contribution in [3.05, 3.63) is 18.2 Å². The zero-order chi connectivity index (χ0) is 14.8. The van der Waals surface area contributed by atoms with Gasteiger partial charge in [-0.05, 0) is 30.9 Å². The van der Waals surface area contributed by atoms with E-state index in [9.17, 15) is 8.42 Å². The maximum atomic E-state index is 12.4. The monoisotopic (exact) mass is 298 g/mol. The zero-order valence-corrected chi connectivity index (χ0v) is 12.7. The van der Waals surface area contributed by atoms with Crippen LogP contribution in [0.1, 0.15) is 32.6 Å². The maximum Gasteiger partial charge on any atom is 0.240 e. The van der Waals surface area contributed by atoms with Gasteiger partial charge in [0.15, 0.2) is 0 Å². The van der Waals surface area contributed by atoms with Crippen LogP contribution in [0.25, 0.3) is 0 Å². The lowest BCUT2D eigenvalue weighted by Crippen LogP contribution is -2.37. The summed E-state index contributed by atoms with van der Waals surface area (Å²) in [7, 11) is -2.05. The van der Waals surface area contributed by atoms with Gasteiger partial charge in [0.25, 0.3) is 0 Å². The highest BCUT2D eigenvalue weighted by Gasteiger charge is 2.25. The largest absolute Gasteiger partial charge is 0.495 e. The van der Waals surface area contributed by atoms with Gasteiger partial charge in [0, 0.05) is 12.1 Å². The SMILES string of the molecule is COc1cc(S(=O)(=O)NC2CCCC(C)C2)ccc1N. The highest BCUT2D eigenvalue weighted by molar-refractivity contribution is 7.89. The van der Waals surface area contributed by atoms with Crippen LogP contribution in [0.2, 0.25) is 0 Å². The van der Waals surface area contributed by atoms with Gasteiger partial charge in [-0.1, -0.05) is 19.8 Å². The predicted octanol–water partition coefficient (Wildman–Crippen LogP) is 2.13. The number of rotatable bonds is 4. The van der Waals surface area contributed by atoms with Gasteiger partial charge in [-0.3, -0.25) is 0 Å². The number of sulfonamides is 1. The first-order valence-electron chi connectivity index (χ1n) is 6.88. The van der Waals surface area contributed by atoms with E-state index in [4.69, 9.17) is 10.5 Å². The molecular formula is C14H22N2O3S. The van der Waals surface area contributed by atoms with Gasteiger partial charge in [0.05, 0.1) is 17.7 Å². The van der Waals surface area contributed by atoms with Crippen molar-refractivity contribution >= 4 is 15.7 Å². The molecule has 3 N–H and O–H groups in total. The third kappa shape index (κ3) is 3.43. The fraction of sp³-hybridized carbons (Fsp3) is 0.571. The summed E-state index contributed by atoms with van der Waals surface area (Å²) in [5, 5.41) is 0. The van der Waals surface area contributed by atoms with Crippen LogP contribution in [-0.2, 0) is 10.0 Å². The van der Waals surface area contributed by atoms with Crippen LogP contribution < -0.4 is 15.2 Å². The molecule has 5 nitrogen and oxygen atoms in total. The second-order valence-electron chi connectivity index (χ2n) is 5.49. The van der Waals surface area contributed by atoms with Gasteiger partial charge in [-0.2, -0.15) is 0 Å². The molecule has 0 radical (unpaired) electrons. The number of anilines is 1. The van der Waals surface area contributed by atoms with Crippen molar-refractivity contribution in [3.63, 3.8) is 0 Å². The van der Waals surface area contributed by atoms with E-state index in [1.54, 1.807) is 6.07 Å². The lowest BCUT2D eigenvalue weighted by Gasteiger charge is -2.27. The average molecular weight is 298 g/mol. The standard InChI is InChI=1S/C14H22N2O3S/c1-10-4-3-5-11(8-10)16-20(17,18)12-6-7-13(15)14(9-12)19-2/h6-7,9-11,16H,3-5,8,15H2,1-2H3. The smallest absolute Gasteiger partial charge is 0.240 e. The number of nitrogen functional groups attached to an aromatic ring is 1. The van der Waals surface area contributed by atoms with Gasteiger partial charge in [0.2, 0.25) is 10.0 Å². The molecule has 1 aromatic rings. The van der Waals surface area contributed by atoms with E-state index in [0.29, 0.717) is 17.4 Å². The second kappa shape index (κ2) is 6.01. The summed E-state index contributed by atoms with van der Waals surface area (Å²) in [6, 6.07) is 4.54. The lowest BCUT2D eigenvalue weighted by molar-refractivity contribution is 0.327. The van der Waals surface area contributed by atoms with Crippen molar-refractivity contribution < 1.29 is 13.2 Å². The molecule has 0 saturated heterocycles. The first kappa shape index (κ1) is 15.1. The van der Waals surface area contributed by atoms with E-state index in [2.05, 4.69) is 11.6 Å². The molecule has 20 heavy (non-hydrogen) atoms. The number of benzene rings is 1. The van der Waals surface area contributed by atoms with Crippen molar-refractivity contribution in [1.82, 2.24) is 4.72 Å². The molecule has 6 heteroatoms. The first-order valence-corrected chi connectivity index (χ1v) is 8.36. The summed E-state index contributed by atoms with van der Waals surface area (Å²) in [6.45, 7) is 2.16. The second-order valence-corrected chi connectivity index (χ2v) is 7.21. The van der Waals surface area contributed by atoms with Crippen molar-refractivity contribution in [3.8, 4) is 5.75 Å². The topological polar surface area (TPSA) is 81.4 Å². The Morgan fingerprint density at radius 3 is 2.75 bits per heavy atom. The Morgan fingerprint density at radius 2 is 2.10 bits per heavy atom. The van der Waals surface area contributed by atoms with Gasteiger partial charge in [0.1, 0.15) is 5.75 Å². The maximum absolute atomic E-state index is 12.4. The summed E-state index contributed by atoms with van der Waals surface area (Å²) >= 11 is 0. The Morgan fingerprint density at radius 1 is 1.35 bits per heavy atom. The Balaban J connectivity index is 2.17. The number of nitrogens with two attached hydrogens (primary N) is 1. The molecule has 0 aromatic heterocycles. The van der Waals surface area contributed by atoms with Crippen LogP contribution >= 0.6 is 0 Å². The van der Waals surface area contributed by atoms with E-state index in [-0.39, 0.29) is 10.9 Å². The van der Waals surface area contributed by atoms with Crippen molar-refractivity contribution in [2.24, 2.45) is 5.92 Å². The number of methoxy groups -OCH3 is 1. The number of hydrogen-bond acceptors (Lipinski definition) is 4. The molecule has 2 atom stereocenters. The molecule has 0 amide bonds. The molecule has 0 bridgehead atoms. The highest BCUT2D eigenvalue weighted by Crippen LogP contribution is 2.27. The molecule has 2 unspecified atom stereocenters. The molecule has 0 spiro atoms. The fourth-order valence-electron chi connectivity index (χ4n) is 2.69.